The highest BCUT2D eigenvalue weighted by Gasteiger charge is 2.41. The summed E-state index contributed by atoms with van der Waals surface area (Å²) in [5.41, 5.74) is 2.55. The Bertz CT molecular complexity index is 1420. The third kappa shape index (κ3) is 4.21. The van der Waals surface area contributed by atoms with Crippen molar-refractivity contribution in [1.29, 1.82) is 0 Å². The number of aryl methyl sites for hydroxylation is 2. The molecule has 4 aromatic rings. The van der Waals surface area contributed by atoms with E-state index < -0.39 is 5.41 Å². The van der Waals surface area contributed by atoms with Crippen molar-refractivity contribution in [1.82, 2.24) is 24.3 Å². The molecule has 0 saturated carbocycles. The predicted molar refractivity (Wildman–Crippen MR) is 130 cm³/mol. The first-order chi connectivity index (χ1) is 17.0. The molecule has 0 fully saturated rings. The van der Waals surface area contributed by atoms with E-state index in [1.807, 2.05) is 54.1 Å². The van der Waals surface area contributed by atoms with Crippen molar-refractivity contribution in [2.75, 3.05) is 7.11 Å². The van der Waals surface area contributed by atoms with Gasteiger partial charge in [0, 0.05) is 12.7 Å². The minimum absolute atomic E-state index is 0.353. The number of benzene rings is 2. The molecule has 0 amide bonds. The van der Waals surface area contributed by atoms with Crippen LogP contribution >= 0.6 is 0 Å². The second-order valence-electron chi connectivity index (χ2n) is 8.53. The smallest absolute Gasteiger partial charge is 0.174 e. The Morgan fingerprint density at radius 2 is 2.09 bits per heavy atom. The fourth-order valence-corrected chi connectivity index (χ4v) is 4.61. The maximum Gasteiger partial charge on any atom is 0.174 e. The molecule has 9 heteroatoms. The Kier molecular flexibility index (Phi) is 5.90. The van der Waals surface area contributed by atoms with E-state index in [2.05, 4.69) is 15.2 Å². The zero-order valence-electron chi connectivity index (χ0n) is 19.5. The van der Waals surface area contributed by atoms with Crippen molar-refractivity contribution in [2.45, 2.75) is 31.7 Å². The molecule has 0 aliphatic carbocycles. The zero-order chi connectivity index (χ0) is 24.4. The van der Waals surface area contributed by atoms with Crippen molar-refractivity contribution in [2.24, 2.45) is 5.16 Å². The summed E-state index contributed by atoms with van der Waals surface area (Å²) in [5.74, 6) is 1.50. The van der Waals surface area contributed by atoms with Gasteiger partial charge in [0.15, 0.2) is 5.82 Å². The minimum Gasteiger partial charge on any atom is -0.495 e. The quantitative estimate of drug-likeness (QED) is 0.251. The first-order valence-electron chi connectivity index (χ1n) is 11.3. The second kappa shape index (κ2) is 9.17. The number of methoxy groups -OCH3 is 1. The molecule has 1 atom stereocenters. The molecule has 5 rings (SSSR count). The van der Waals surface area contributed by atoms with Gasteiger partial charge in [-0.2, -0.15) is 5.10 Å². The number of aromatic nitrogens is 5. The molecule has 0 spiro atoms. The Labute approximate surface area is 202 Å². The summed E-state index contributed by atoms with van der Waals surface area (Å²) in [6.07, 6.45) is 10.3. The summed E-state index contributed by atoms with van der Waals surface area (Å²) in [4.78, 5) is 9.03. The van der Waals surface area contributed by atoms with Crippen molar-refractivity contribution < 1.29 is 14.3 Å². The van der Waals surface area contributed by atoms with Crippen LogP contribution in [0.15, 0.2) is 60.1 Å². The van der Waals surface area contributed by atoms with Gasteiger partial charge in [-0.15, -0.1) is 5.16 Å². The normalized spacial score (nSPS) is 17.8. The molecule has 1 aliphatic rings. The van der Waals surface area contributed by atoms with Crippen LogP contribution in [0.3, 0.4) is 0 Å². The number of fused-ring (bicyclic) bond motifs is 1. The summed E-state index contributed by atoms with van der Waals surface area (Å²) in [5, 5.41) is 17.4. The van der Waals surface area contributed by atoms with E-state index in [-0.39, 0.29) is 5.82 Å². The van der Waals surface area contributed by atoms with Gasteiger partial charge in [-0.25, -0.2) is 19.0 Å². The largest absolute Gasteiger partial charge is 0.495 e. The summed E-state index contributed by atoms with van der Waals surface area (Å²) in [6.45, 7) is 2.62. The molecule has 35 heavy (non-hydrogen) atoms. The third-order valence-electron chi connectivity index (χ3n) is 6.26. The summed E-state index contributed by atoms with van der Waals surface area (Å²) < 4.78 is 23.4. The maximum atomic E-state index is 14.0. The SMILES string of the molecule is COc1cc(/C=C/c2nc3n(n2)CCCC3(/C=N/O)c2cccc(F)c2)ccc1-n1cnc(C)c1. The Morgan fingerprint density at radius 1 is 1.20 bits per heavy atom. The van der Waals surface area contributed by atoms with E-state index >= 15 is 0 Å². The van der Waals surface area contributed by atoms with Crippen molar-refractivity contribution in [3.63, 3.8) is 0 Å². The number of ether oxygens (including phenoxy) is 1. The highest BCUT2D eigenvalue weighted by molar-refractivity contribution is 5.78. The molecule has 0 radical (unpaired) electrons. The number of hydrogen-bond acceptors (Lipinski definition) is 6. The van der Waals surface area contributed by atoms with Gasteiger partial charge < -0.3 is 14.5 Å². The fourth-order valence-electron chi connectivity index (χ4n) is 4.61. The fraction of sp³-hybridized carbons (Fsp3) is 0.231. The molecule has 8 nitrogen and oxygen atoms in total. The molecule has 3 heterocycles. The molecule has 1 N–H and O–H groups in total. The van der Waals surface area contributed by atoms with Crippen molar-refractivity contribution >= 4 is 18.4 Å². The molecule has 178 valence electrons. The van der Waals surface area contributed by atoms with E-state index in [9.17, 15) is 9.60 Å². The standard InChI is InChI=1S/C26H25FN6O2/c1-18-15-32(17-28-18)22-9-7-19(13-23(22)35-2)8-10-24-30-25-26(16-29-34,11-4-12-33(25)31-24)20-5-3-6-21(27)14-20/h3,5-10,13-17,34H,4,11-12H2,1-2H3/b10-8+,29-16+. The second-order valence-corrected chi connectivity index (χ2v) is 8.53. The van der Waals surface area contributed by atoms with Crippen LogP contribution in [0.2, 0.25) is 0 Å². The van der Waals surface area contributed by atoms with Crippen LogP contribution in [0.25, 0.3) is 17.8 Å². The topological polar surface area (TPSA) is 90.4 Å². The van der Waals surface area contributed by atoms with Gasteiger partial charge in [0.1, 0.15) is 17.4 Å². The number of rotatable bonds is 6. The minimum atomic E-state index is -0.859. The summed E-state index contributed by atoms with van der Waals surface area (Å²) in [7, 11) is 1.63. The number of imidazole rings is 1. The Hall–Kier alpha value is -4.27. The van der Waals surface area contributed by atoms with Gasteiger partial charge in [-0.3, -0.25) is 0 Å². The van der Waals surface area contributed by atoms with Gasteiger partial charge in [0.25, 0.3) is 0 Å². The molecular formula is C26H25FN6O2. The third-order valence-corrected chi connectivity index (χ3v) is 6.26. The van der Waals surface area contributed by atoms with Crippen LogP contribution < -0.4 is 4.74 Å². The molecule has 0 bridgehead atoms. The molecular weight excluding hydrogens is 447 g/mol. The van der Waals surface area contributed by atoms with Gasteiger partial charge in [0.2, 0.25) is 0 Å². The lowest BCUT2D eigenvalue weighted by Crippen LogP contribution is -2.37. The van der Waals surface area contributed by atoms with E-state index in [0.29, 0.717) is 35.9 Å². The lowest BCUT2D eigenvalue weighted by atomic mass is 9.75. The van der Waals surface area contributed by atoms with E-state index in [1.54, 1.807) is 24.2 Å². The maximum absolute atomic E-state index is 14.0. The van der Waals surface area contributed by atoms with Crippen LogP contribution in [0, 0.1) is 12.7 Å². The van der Waals surface area contributed by atoms with E-state index in [1.165, 1.54) is 18.3 Å². The van der Waals surface area contributed by atoms with Crippen LogP contribution in [0.5, 0.6) is 5.75 Å². The Morgan fingerprint density at radius 3 is 2.83 bits per heavy atom. The average molecular weight is 473 g/mol. The van der Waals surface area contributed by atoms with Crippen molar-refractivity contribution in [3.8, 4) is 11.4 Å². The van der Waals surface area contributed by atoms with E-state index in [4.69, 9.17) is 9.72 Å². The van der Waals surface area contributed by atoms with Crippen molar-refractivity contribution in [3.05, 3.63) is 89.3 Å². The molecule has 2 aromatic carbocycles. The molecule has 1 unspecified atom stereocenters. The lowest BCUT2D eigenvalue weighted by molar-refractivity contribution is 0.312. The predicted octanol–water partition coefficient (Wildman–Crippen LogP) is 4.63. The number of halogens is 1. The number of oxime groups is 1. The first-order valence-corrected chi connectivity index (χ1v) is 11.3. The lowest BCUT2D eigenvalue weighted by Gasteiger charge is -2.33. The number of hydrogen-bond donors (Lipinski definition) is 1. The zero-order valence-corrected chi connectivity index (χ0v) is 19.5. The van der Waals surface area contributed by atoms with Crippen LogP contribution in [0.1, 0.15) is 41.3 Å². The average Bonchev–Trinajstić information content (AvgIpc) is 3.49. The summed E-state index contributed by atoms with van der Waals surface area (Å²) in [6, 6.07) is 12.2. The Balaban J connectivity index is 1.48. The number of nitrogens with zero attached hydrogens (tertiary/aromatic N) is 6. The van der Waals surface area contributed by atoms with Gasteiger partial charge >= 0.3 is 0 Å². The molecule has 0 saturated heterocycles. The van der Waals surface area contributed by atoms with Gasteiger partial charge in [-0.05, 0) is 61.2 Å². The highest BCUT2D eigenvalue weighted by atomic mass is 19.1. The molecule has 2 aromatic heterocycles. The summed E-state index contributed by atoms with van der Waals surface area (Å²) >= 11 is 0. The highest BCUT2D eigenvalue weighted by Crippen LogP contribution is 2.38. The monoisotopic (exact) mass is 472 g/mol. The molecule has 1 aliphatic heterocycles. The van der Waals surface area contributed by atoms with Crippen LogP contribution in [-0.2, 0) is 12.0 Å². The first kappa shape index (κ1) is 22.5. The van der Waals surface area contributed by atoms with Gasteiger partial charge in [0.05, 0.1) is 36.4 Å². The van der Waals surface area contributed by atoms with Gasteiger partial charge in [-0.1, -0.05) is 24.3 Å². The van der Waals surface area contributed by atoms with Crippen LogP contribution in [0.4, 0.5) is 4.39 Å². The van der Waals surface area contributed by atoms with Crippen LogP contribution in [-0.4, -0.2) is 42.8 Å². The van der Waals surface area contributed by atoms with E-state index in [0.717, 1.165) is 23.4 Å².